The molecule has 7 N–H and O–H groups in total. The van der Waals surface area contributed by atoms with Gasteiger partial charge in [-0.25, -0.2) is 37.8 Å². The minimum absolute atomic E-state index is 0.0347. The van der Waals surface area contributed by atoms with Crippen LogP contribution >= 0.6 is 0 Å². The van der Waals surface area contributed by atoms with Crippen LogP contribution in [-0.4, -0.2) is 93.8 Å². The number of hydrogen-bond donors (Lipinski definition) is 6. The monoisotopic (exact) mass is 1050 g/mol. The zero-order valence-electron chi connectivity index (χ0n) is 41.9. The van der Waals surface area contributed by atoms with Gasteiger partial charge in [0.15, 0.2) is 0 Å². The fourth-order valence-corrected chi connectivity index (χ4v) is 9.33. The van der Waals surface area contributed by atoms with E-state index in [1.807, 2.05) is 6.92 Å². The lowest BCUT2D eigenvalue weighted by atomic mass is 9.85. The van der Waals surface area contributed by atoms with E-state index in [0.29, 0.717) is 53.0 Å². The van der Waals surface area contributed by atoms with Gasteiger partial charge in [-0.05, 0) is 85.5 Å². The molecule has 0 aliphatic carbocycles. The zero-order valence-corrected chi connectivity index (χ0v) is 42.7. The molecular weight excluding hydrogens is 991 g/mol. The number of esters is 1. The fraction of sp³-hybridized carbons (Fsp3) is 0.385. The Morgan fingerprint density at radius 2 is 1.71 bits per heavy atom. The third-order valence-corrected chi connectivity index (χ3v) is 13.6. The standard InChI is InChI=1S/C52H57N9O13S/c1-6-34-35-22-33(62)19-20-39(35)58-44-36(34)26-61-41(44)23-38-37(47(61)66)28-72-48(67)52(38,7-2)74-51(69)73-27-30-15-17-32(18-16-30)57-45(64)40(13-11-21-54-49(53)68)59-46(65)43(29(3)4)60-42(63)14-10-8-9-12-31-24-55-50(56-25-31)75(5,70)71/h15-20,22-25,29,40,43,62H,6-8,10-11,13-14,21,26-28H2,1-5H3,(H,57,64)(H,59,65)(H,60,63)(H3,53,54,68)/t40-,43-,52-/m0/s1. The maximum absolute atomic E-state index is 14.1. The molecule has 2 aromatic carbocycles. The summed E-state index contributed by atoms with van der Waals surface area (Å²) in [6.45, 7) is 6.73. The molecule has 0 bridgehead atoms. The molecule has 2 aliphatic rings. The Morgan fingerprint density at radius 1 is 0.973 bits per heavy atom. The van der Waals surface area contributed by atoms with Crippen molar-refractivity contribution < 1.29 is 56.5 Å². The van der Waals surface area contributed by atoms with Crippen LogP contribution in [0.25, 0.3) is 22.3 Å². The minimum atomic E-state index is -3.55. The van der Waals surface area contributed by atoms with Gasteiger partial charge >= 0.3 is 18.2 Å². The number of pyridine rings is 2. The average Bonchev–Trinajstić information content (AvgIpc) is 3.77. The molecule has 75 heavy (non-hydrogen) atoms. The van der Waals surface area contributed by atoms with Crippen LogP contribution in [0.3, 0.4) is 0 Å². The highest BCUT2D eigenvalue weighted by molar-refractivity contribution is 7.90. The lowest BCUT2D eigenvalue weighted by molar-refractivity contribution is -0.175. The number of nitrogens with one attached hydrogen (secondary N) is 4. The van der Waals surface area contributed by atoms with E-state index in [2.05, 4.69) is 43.1 Å². The van der Waals surface area contributed by atoms with Crippen molar-refractivity contribution in [1.29, 1.82) is 0 Å². The zero-order chi connectivity index (χ0) is 54.2. The van der Waals surface area contributed by atoms with Crippen molar-refractivity contribution in [2.24, 2.45) is 11.7 Å². The fourth-order valence-electron chi connectivity index (χ4n) is 8.84. The molecule has 2 aliphatic heterocycles. The Bertz CT molecular complexity index is 3300. The number of benzene rings is 2. The first-order valence-corrected chi connectivity index (χ1v) is 26.1. The second-order valence-electron chi connectivity index (χ2n) is 18.3. The van der Waals surface area contributed by atoms with E-state index < -0.39 is 69.0 Å². The third kappa shape index (κ3) is 12.5. The highest BCUT2D eigenvalue weighted by Gasteiger charge is 2.51. The molecule has 0 saturated carbocycles. The number of carbonyl (C=O) groups is 6. The maximum Gasteiger partial charge on any atom is 0.510 e. The van der Waals surface area contributed by atoms with Crippen LogP contribution in [-0.2, 0) is 75.0 Å². The number of carbonyl (C=O) groups excluding carboxylic acids is 6. The van der Waals surface area contributed by atoms with Crippen LogP contribution in [0.1, 0.15) is 99.6 Å². The van der Waals surface area contributed by atoms with Crippen LogP contribution in [0.2, 0.25) is 0 Å². The molecule has 0 saturated heterocycles. The number of phenolic OH excluding ortho intramolecular Hbond substituents is 1. The highest BCUT2D eigenvalue weighted by Crippen LogP contribution is 2.42. The Kier molecular flexibility index (Phi) is 16.8. The number of hydrogen-bond acceptors (Lipinski definition) is 16. The number of amides is 5. The van der Waals surface area contributed by atoms with E-state index in [9.17, 15) is 47.1 Å². The number of ether oxygens (including phenoxy) is 3. The van der Waals surface area contributed by atoms with Crippen molar-refractivity contribution in [3.05, 3.63) is 105 Å². The first kappa shape index (κ1) is 54.4. The summed E-state index contributed by atoms with van der Waals surface area (Å²) < 4.78 is 41.5. The van der Waals surface area contributed by atoms with Crippen LogP contribution < -0.4 is 32.6 Å². The van der Waals surface area contributed by atoms with Crippen LogP contribution in [0.15, 0.2) is 70.9 Å². The van der Waals surface area contributed by atoms with Gasteiger partial charge < -0.3 is 50.9 Å². The van der Waals surface area contributed by atoms with Crippen molar-refractivity contribution in [2.45, 2.75) is 115 Å². The summed E-state index contributed by atoms with van der Waals surface area (Å²) in [6.07, 6.45) is 3.88. The lowest BCUT2D eigenvalue weighted by Crippen LogP contribution is -2.54. The van der Waals surface area contributed by atoms with Gasteiger partial charge in [-0.2, -0.15) is 0 Å². The van der Waals surface area contributed by atoms with E-state index in [4.69, 9.17) is 24.9 Å². The number of aryl methyl sites for hydroxylation is 1. The van der Waals surface area contributed by atoms with Gasteiger partial charge in [-0.15, -0.1) is 0 Å². The molecule has 22 nitrogen and oxygen atoms in total. The third-order valence-electron chi connectivity index (χ3n) is 12.7. The van der Waals surface area contributed by atoms with Crippen molar-refractivity contribution >= 4 is 62.3 Å². The van der Waals surface area contributed by atoms with E-state index in [1.54, 1.807) is 55.7 Å². The van der Waals surface area contributed by atoms with Crippen molar-refractivity contribution in [3.63, 3.8) is 0 Å². The Hall–Kier alpha value is -8.39. The topological polar surface area (TPSA) is 319 Å². The maximum atomic E-state index is 14.1. The number of rotatable bonds is 19. The number of urea groups is 1. The lowest BCUT2D eigenvalue weighted by Gasteiger charge is -2.35. The van der Waals surface area contributed by atoms with Gasteiger partial charge in [0.1, 0.15) is 31.0 Å². The van der Waals surface area contributed by atoms with Gasteiger partial charge in [-0.1, -0.05) is 51.7 Å². The number of nitrogens with two attached hydrogens (primary N) is 1. The van der Waals surface area contributed by atoms with E-state index in [1.165, 1.54) is 30.6 Å². The van der Waals surface area contributed by atoms with E-state index in [0.717, 1.165) is 22.8 Å². The van der Waals surface area contributed by atoms with E-state index in [-0.39, 0.29) is 79.9 Å². The molecule has 3 atom stereocenters. The van der Waals surface area contributed by atoms with Crippen LogP contribution in [0.5, 0.6) is 5.75 Å². The number of nitrogens with zero attached hydrogens (tertiary/aromatic N) is 4. The van der Waals surface area contributed by atoms with Crippen LogP contribution in [0, 0.1) is 17.8 Å². The SMILES string of the molecule is CCc1c2c(nc3ccc(O)cc13)-c1cc3c(c(=O)n1C2)COC(=O)[C@@]3(CC)OC(=O)OCc1ccc(NC(=O)[C@H](CCCNC(N)=O)NC(=O)[C@@H](NC(=O)CCCC#Cc2cnc(S(C)(=O)=O)nc2)C(C)C)cc1. The summed E-state index contributed by atoms with van der Waals surface area (Å²) in [5, 5.41) is 21.3. The number of fused-ring (bicyclic) bond motifs is 5. The highest BCUT2D eigenvalue weighted by atomic mass is 32.2. The number of sulfone groups is 1. The van der Waals surface area contributed by atoms with Gasteiger partial charge in [-0.3, -0.25) is 19.2 Å². The average molecular weight is 1050 g/mol. The number of aromatic nitrogens is 4. The van der Waals surface area contributed by atoms with Crippen molar-refractivity contribution in [2.75, 3.05) is 18.1 Å². The van der Waals surface area contributed by atoms with Crippen molar-refractivity contribution in [3.8, 4) is 29.0 Å². The summed E-state index contributed by atoms with van der Waals surface area (Å²) in [7, 11) is -3.55. The molecule has 23 heteroatoms. The quantitative estimate of drug-likeness (QED) is 0.0287. The number of aromatic hydroxyl groups is 1. The summed E-state index contributed by atoms with van der Waals surface area (Å²) in [5.41, 5.74) is 7.58. The second kappa shape index (κ2) is 23.2. The van der Waals surface area contributed by atoms with Gasteiger partial charge in [0.2, 0.25) is 38.3 Å². The summed E-state index contributed by atoms with van der Waals surface area (Å²) in [4.78, 5) is 105. The molecule has 0 radical (unpaired) electrons. The number of primary amides is 1. The Morgan fingerprint density at radius 3 is 2.37 bits per heavy atom. The molecule has 0 fully saturated rings. The molecule has 0 unspecified atom stereocenters. The largest absolute Gasteiger partial charge is 0.510 e. The van der Waals surface area contributed by atoms with Gasteiger partial charge in [0.05, 0.1) is 34.6 Å². The molecule has 0 spiro atoms. The van der Waals surface area contributed by atoms with Crippen molar-refractivity contribution in [1.82, 2.24) is 35.5 Å². The molecule has 3 aromatic heterocycles. The first-order valence-electron chi connectivity index (χ1n) is 24.2. The minimum Gasteiger partial charge on any atom is -0.508 e. The molecule has 7 rings (SSSR count). The first-order chi connectivity index (χ1) is 35.7. The summed E-state index contributed by atoms with van der Waals surface area (Å²) >= 11 is 0. The number of unbranched alkanes of at least 4 members (excludes halogenated alkanes) is 1. The molecule has 5 amide bonds. The molecular formula is C52H57N9O13S. The molecule has 5 heterocycles. The predicted octanol–water partition coefficient (Wildman–Crippen LogP) is 4.14. The smallest absolute Gasteiger partial charge is 0.508 e. The summed E-state index contributed by atoms with van der Waals surface area (Å²) in [6, 6.07) is 9.83. The Labute approximate surface area is 431 Å². The van der Waals surface area contributed by atoms with Crippen LogP contribution in [0.4, 0.5) is 15.3 Å². The van der Waals surface area contributed by atoms with Gasteiger partial charge in [0, 0.05) is 60.2 Å². The van der Waals surface area contributed by atoms with E-state index >= 15 is 0 Å². The molecule has 5 aromatic rings. The predicted molar refractivity (Wildman–Crippen MR) is 271 cm³/mol. The van der Waals surface area contributed by atoms with Gasteiger partial charge in [0.25, 0.3) is 5.56 Å². The number of cyclic esters (lactones) is 1. The second-order valence-corrected chi connectivity index (χ2v) is 20.2. The normalized spacial score (nSPS) is 15.2. The molecule has 394 valence electrons. The number of anilines is 1. The Balaban J connectivity index is 0.968. The summed E-state index contributed by atoms with van der Waals surface area (Å²) in [5.74, 6) is 2.89. The number of phenols is 1.